The Morgan fingerprint density at radius 3 is 2.67 bits per heavy atom. The Morgan fingerprint density at radius 1 is 1.29 bits per heavy atom. The Labute approximate surface area is 126 Å². The number of hydrogen-bond acceptors (Lipinski definition) is 4. The second-order valence-electron chi connectivity index (χ2n) is 5.62. The molecule has 0 aliphatic carbocycles. The molecule has 5 heteroatoms. The molecule has 3 unspecified atom stereocenters. The minimum Gasteiger partial charge on any atom is -0.396 e. The first-order chi connectivity index (χ1) is 10.0. The van der Waals surface area contributed by atoms with Gasteiger partial charge in [0.1, 0.15) is 0 Å². The van der Waals surface area contributed by atoms with E-state index in [1.807, 2.05) is 36.0 Å². The predicted octanol–water partition coefficient (Wildman–Crippen LogP) is 2.24. The maximum Gasteiger partial charge on any atom is 0.153 e. The van der Waals surface area contributed by atoms with Gasteiger partial charge in [0.05, 0.1) is 6.20 Å². The summed E-state index contributed by atoms with van der Waals surface area (Å²) in [6.45, 7) is 8.49. The number of aromatic nitrogens is 3. The van der Waals surface area contributed by atoms with Crippen LogP contribution in [-0.2, 0) is 0 Å². The quantitative estimate of drug-likeness (QED) is 0.855. The molecule has 0 aliphatic rings. The van der Waals surface area contributed by atoms with Crippen LogP contribution in [0, 0.1) is 12.8 Å². The van der Waals surface area contributed by atoms with E-state index in [4.69, 9.17) is 0 Å². The minimum absolute atomic E-state index is 0.173. The monoisotopic (exact) mass is 288 g/mol. The van der Waals surface area contributed by atoms with Crippen molar-refractivity contribution in [3.63, 3.8) is 0 Å². The zero-order valence-electron chi connectivity index (χ0n) is 13.1. The van der Waals surface area contributed by atoms with E-state index in [9.17, 15) is 5.11 Å². The van der Waals surface area contributed by atoms with Gasteiger partial charge in [-0.3, -0.25) is 0 Å². The van der Waals surface area contributed by atoms with Crippen molar-refractivity contribution in [3.8, 4) is 5.82 Å². The highest BCUT2D eigenvalue weighted by Crippen LogP contribution is 2.20. The largest absolute Gasteiger partial charge is 0.396 e. The Morgan fingerprint density at radius 2 is 2.05 bits per heavy atom. The number of aliphatic hydroxyl groups is 1. The molecule has 0 saturated carbocycles. The highest BCUT2D eigenvalue weighted by molar-refractivity contribution is 5.29. The van der Waals surface area contributed by atoms with Crippen molar-refractivity contribution >= 4 is 0 Å². The summed E-state index contributed by atoms with van der Waals surface area (Å²) in [5.74, 6) is 1.05. The predicted molar refractivity (Wildman–Crippen MR) is 83.4 cm³/mol. The van der Waals surface area contributed by atoms with Crippen molar-refractivity contribution in [2.24, 2.45) is 5.92 Å². The zero-order valence-corrected chi connectivity index (χ0v) is 13.1. The summed E-state index contributed by atoms with van der Waals surface area (Å²) in [6.07, 6.45) is 3.65. The average Bonchev–Trinajstić information content (AvgIpc) is 2.88. The number of pyridine rings is 1. The summed E-state index contributed by atoms with van der Waals surface area (Å²) in [5, 5.41) is 17.2. The molecule has 0 aromatic carbocycles. The number of rotatable bonds is 6. The third-order valence-electron chi connectivity index (χ3n) is 4.03. The first-order valence-corrected chi connectivity index (χ1v) is 7.37. The fourth-order valence-corrected chi connectivity index (χ4v) is 2.36. The van der Waals surface area contributed by atoms with Crippen molar-refractivity contribution < 1.29 is 5.11 Å². The van der Waals surface area contributed by atoms with E-state index in [0.717, 1.165) is 17.1 Å². The van der Waals surface area contributed by atoms with Gasteiger partial charge in [-0.2, -0.15) is 5.10 Å². The molecule has 0 bridgehead atoms. The normalized spacial score (nSPS) is 15.7. The smallest absolute Gasteiger partial charge is 0.153 e. The lowest BCUT2D eigenvalue weighted by Gasteiger charge is -2.24. The summed E-state index contributed by atoms with van der Waals surface area (Å²) in [6, 6.07) is 6.20. The van der Waals surface area contributed by atoms with Crippen molar-refractivity contribution in [1.29, 1.82) is 0 Å². The molecule has 0 saturated heterocycles. The second kappa shape index (κ2) is 6.83. The van der Waals surface area contributed by atoms with E-state index in [1.54, 1.807) is 6.20 Å². The van der Waals surface area contributed by atoms with Gasteiger partial charge in [-0.25, -0.2) is 9.67 Å². The van der Waals surface area contributed by atoms with Gasteiger partial charge in [-0.05, 0) is 38.8 Å². The van der Waals surface area contributed by atoms with Gasteiger partial charge in [0.2, 0.25) is 0 Å². The van der Waals surface area contributed by atoms with Crippen molar-refractivity contribution in [1.82, 2.24) is 20.1 Å². The molecule has 0 fully saturated rings. The average molecular weight is 288 g/mol. The topological polar surface area (TPSA) is 63.0 Å². The maximum absolute atomic E-state index is 9.23. The Balaban J connectivity index is 2.17. The molecule has 21 heavy (non-hydrogen) atoms. The molecule has 0 amide bonds. The SMILES string of the molecule is Cc1c(C(C)NC(C)C(C)CO)cnn1-c1ccccn1. The lowest BCUT2D eigenvalue weighted by atomic mass is 10.0. The van der Waals surface area contributed by atoms with E-state index in [1.165, 1.54) is 0 Å². The number of hydrogen-bond donors (Lipinski definition) is 2. The van der Waals surface area contributed by atoms with Crippen LogP contribution < -0.4 is 5.32 Å². The first kappa shape index (κ1) is 15.7. The highest BCUT2D eigenvalue weighted by Gasteiger charge is 2.18. The van der Waals surface area contributed by atoms with Crippen molar-refractivity contribution in [2.45, 2.75) is 39.8 Å². The van der Waals surface area contributed by atoms with Crippen LogP contribution in [0.15, 0.2) is 30.6 Å². The van der Waals surface area contributed by atoms with Gasteiger partial charge in [0, 0.05) is 36.1 Å². The van der Waals surface area contributed by atoms with Crippen molar-refractivity contribution in [2.75, 3.05) is 6.61 Å². The van der Waals surface area contributed by atoms with E-state index >= 15 is 0 Å². The number of nitrogens with zero attached hydrogens (tertiary/aromatic N) is 3. The molecule has 2 aromatic rings. The molecule has 0 spiro atoms. The lowest BCUT2D eigenvalue weighted by molar-refractivity contribution is 0.202. The van der Waals surface area contributed by atoms with Gasteiger partial charge in [-0.15, -0.1) is 0 Å². The minimum atomic E-state index is 0.173. The van der Waals surface area contributed by atoms with E-state index in [2.05, 4.69) is 36.2 Å². The van der Waals surface area contributed by atoms with Crippen LogP contribution in [0.4, 0.5) is 0 Å². The summed E-state index contributed by atoms with van der Waals surface area (Å²) >= 11 is 0. The van der Waals surface area contributed by atoms with Crippen LogP contribution in [0.1, 0.15) is 38.1 Å². The molecule has 2 aromatic heterocycles. The van der Waals surface area contributed by atoms with E-state index < -0.39 is 0 Å². The molecule has 0 aliphatic heterocycles. The number of nitrogens with one attached hydrogen (secondary N) is 1. The van der Waals surface area contributed by atoms with Gasteiger partial charge < -0.3 is 10.4 Å². The van der Waals surface area contributed by atoms with Crippen LogP contribution in [0.3, 0.4) is 0 Å². The van der Waals surface area contributed by atoms with Gasteiger partial charge in [-0.1, -0.05) is 13.0 Å². The van der Waals surface area contributed by atoms with Gasteiger partial charge in [0.15, 0.2) is 5.82 Å². The fraction of sp³-hybridized carbons (Fsp3) is 0.500. The molecule has 2 N–H and O–H groups in total. The summed E-state index contributed by atoms with van der Waals surface area (Å²) < 4.78 is 1.85. The fourth-order valence-electron chi connectivity index (χ4n) is 2.36. The van der Waals surface area contributed by atoms with Crippen molar-refractivity contribution in [3.05, 3.63) is 41.9 Å². The Bertz CT molecular complexity index is 567. The van der Waals surface area contributed by atoms with Gasteiger partial charge >= 0.3 is 0 Å². The summed E-state index contributed by atoms with van der Waals surface area (Å²) in [7, 11) is 0. The van der Waals surface area contributed by atoms with Gasteiger partial charge in [0.25, 0.3) is 0 Å². The molecule has 114 valence electrons. The van der Waals surface area contributed by atoms with Crippen LogP contribution >= 0.6 is 0 Å². The Kier molecular flexibility index (Phi) is 5.09. The van der Waals surface area contributed by atoms with E-state index in [-0.39, 0.29) is 24.6 Å². The molecule has 2 rings (SSSR count). The lowest BCUT2D eigenvalue weighted by Crippen LogP contribution is -2.35. The summed E-state index contributed by atoms with van der Waals surface area (Å²) in [5.41, 5.74) is 2.23. The molecule has 2 heterocycles. The highest BCUT2D eigenvalue weighted by atomic mass is 16.3. The molecule has 3 atom stereocenters. The number of aliphatic hydroxyl groups excluding tert-OH is 1. The standard InChI is InChI=1S/C16H24N4O/c1-11(10-21)12(2)19-13(3)15-9-18-20(14(15)4)16-7-5-6-8-17-16/h5-9,11-13,19,21H,10H2,1-4H3. The van der Waals surface area contributed by atoms with Crippen LogP contribution in [0.25, 0.3) is 5.82 Å². The molecular weight excluding hydrogens is 264 g/mol. The molecule has 5 nitrogen and oxygen atoms in total. The van der Waals surface area contributed by atoms with Crippen LogP contribution in [0.2, 0.25) is 0 Å². The second-order valence-corrected chi connectivity index (χ2v) is 5.62. The summed E-state index contributed by atoms with van der Waals surface area (Å²) in [4.78, 5) is 4.33. The maximum atomic E-state index is 9.23. The van der Waals surface area contributed by atoms with E-state index in [0.29, 0.717) is 0 Å². The Hall–Kier alpha value is -1.72. The zero-order chi connectivity index (χ0) is 15.4. The third-order valence-corrected chi connectivity index (χ3v) is 4.03. The third kappa shape index (κ3) is 3.49. The molecule has 0 radical (unpaired) electrons. The van der Waals surface area contributed by atoms with Crippen LogP contribution in [0.5, 0.6) is 0 Å². The molecular formula is C16H24N4O. The van der Waals surface area contributed by atoms with Crippen LogP contribution in [-0.4, -0.2) is 32.5 Å². The first-order valence-electron chi connectivity index (χ1n) is 7.37.